The quantitative estimate of drug-likeness (QED) is 0.382. The van der Waals surface area contributed by atoms with Crippen LogP contribution in [0.5, 0.6) is 0 Å². The minimum absolute atomic E-state index is 0. The van der Waals surface area contributed by atoms with E-state index in [4.69, 9.17) is 0 Å². The number of guanidine groups is 1. The standard InChI is InChI=1S/C16H20BrN5S.HI/c1-18-16(20-11-13-10-14(17)23-12-13)22-8-6-21(7-9-22)15-4-2-3-5-19-15;/h2-5,10,12H,6-9,11H2,1H3,(H,18,20);1H. The third-order valence-electron chi connectivity index (χ3n) is 3.84. The van der Waals surface area contributed by atoms with Gasteiger partial charge in [0.1, 0.15) is 5.82 Å². The van der Waals surface area contributed by atoms with E-state index in [0.717, 1.165) is 48.3 Å². The highest BCUT2D eigenvalue weighted by Crippen LogP contribution is 2.20. The van der Waals surface area contributed by atoms with Crippen LogP contribution in [-0.2, 0) is 6.54 Å². The molecule has 0 aliphatic carbocycles. The van der Waals surface area contributed by atoms with Crippen molar-refractivity contribution in [2.24, 2.45) is 4.99 Å². The Morgan fingerprint density at radius 2 is 2.12 bits per heavy atom. The van der Waals surface area contributed by atoms with Crippen molar-refractivity contribution in [1.82, 2.24) is 15.2 Å². The lowest BCUT2D eigenvalue weighted by Crippen LogP contribution is -2.52. The number of piperazine rings is 1. The Morgan fingerprint density at radius 3 is 2.71 bits per heavy atom. The molecule has 0 radical (unpaired) electrons. The summed E-state index contributed by atoms with van der Waals surface area (Å²) >= 11 is 5.21. The number of hydrogen-bond donors (Lipinski definition) is 1. The Kier molecular flexibility index (Phi) is 7.76. The van der Waals surface area contributed by atoms with Gasteiger partial charge in [0.05, 0.1) is 3.79 Å². The molecule has 0 aromatic carbocycles. The van der Waals surface area contributed by atoms with Crippen molar-refractivity contribution in [3.05, 3.63) is 45.2 Å². The van der Waals surface area contributed by atoms with Crippen LogP contribution in [0, 0.1) is 0 Å². The molecule has 2 aromatic rings. The van der Waals surface area contributed by atoms with E-state index in [0.29, 0.717) is 0 Å². The van der Waals surface area contributed by atoms with Gasteiger partial charge in [-0.1, -0.05) is 6.07 Å². The minimum Gasteiger partial charge on any atom is -0.353 e. The molecule has 2 aromatic heterocycles. The Bertz CT molecular complexity index is 655. The molecule has 1 aliphatic rings. The summed E-state index contributed by atoms with van der Waals surface area (Å²) in [5.41, 5.74) is 1.27. The van der Waals surface area contributed by atoms with Crippen molar-refractivity contribution in [2.75, 3.05) is 38.1 Å². The second-order valence-electron chi connectivity index (χ2n) is 5.32. The molecule has 8 heteroatoms. The number of nitrogens with one attached hydrogen (secondary N) is 1. The van der Waals surface area contributed by atoms with Crippen LogP contribution in [0.25, 0.3) is 0 Å². The van der Waals surface area contributed by atoms with Gasteiger partial charge in [0.25, 0.3) is 0 Å². The number of anilines is 1. The van der Waals surface area contributed by atoms with Gasteiger partial charge in [-0.25, -0.2) is 4.98 Å². The fraction of sp³-hybridized carbons (Fsp3) is 0.375. The van der Waals surface area contributed by atoms with Crippen LogP contribution in [0.1, 0.15) is 5.56 Å². The Hall–Kier alpha value is -0.870. The number of halogens is 2. The van der Waals surface area contributed by atoms with Crippen LogP contribution in [0.2, 0.25) is 0 Å². The van der Waals surface area contributed by atoms with Gasteiger partial charge >= 0.3 is 0 Å². The van der Waals surface area contributed by atoms with E-state index < -0.39 is 0 Å². The maximum absolute atomic E-state index is 4.43. The maximum atomic E-state index is 4.43. The van der Waals surface area contributed by atoms with Crippen LogP contribution >= 0.6 is 51.2 Å². The summed E-state index contributed by atoms with van der Waals surface area (Å²) in [7, 11) is 1.84. The number of rotatable bonds is 3. The molecule has 0 saturated carbocycles. The highest BCUT2D eigenvalue weighted by Gasteiger charge is 2.20. The molecule has 1 aliphatic heterocycles. The zero-order valence-electron chi connectivity index (χ0n) is 13.5. The van der Waals surface area contributed by atoms with Gasteiger partial charge in [0.15, 0.2) is 5.96 Å². The molecule has 0 amide bonds. The van der Waals surface area contributed by atoms with Crippen LogP contribution < -0.4 is 10.2 Å². The SMILES string of the molecule is CN=C(NCc1csc(Br)c1)N1CCN(c2ccccn2)CC1.I. The average Bonchev–Trinajstić information content (AvgIpc) is 3.02. The second kappa shape index (κ2) is 9.57. The second-order valence-corrected chi connectivity index (χ2v) is 7.61. The van der Waals surface area contributed by atoms with E-state index >= 15 is 0 Å². The topological polar surface area (TPSA) is 43.8 Å². The molecule has 0 atom stereocenters. The van der Waals surface area contributed by atoms with E-state index in [-0.39, 0.29) is 24.0 Å². The molecule has 24 heavy (non-hydrogen) atoms. The molecule has 0 unspecified atom stereocenters. The number of pyridine rings is 1. The lowest BCUT2D eigenvalue weighted by atomic mass is 10.3. The van der Waals surface area contributed by atoms with Crippen LogP contribution in [-0.4, -0.2) is 49.1 Å². The summed E-state index contributed by atoms with van der Waals surface area (Å²) in [6, 6.07) is 8.20. The molecular formula is C16H21BrIN5S. The molecule has 0 spiro atoms. The fourth-order valence-corrected chi connectivity index (χ4v) is 3.85. The van der Waals surface area contributed by atoms with E-state index in [9.17, 15) is 0 Å². The van der Waals surface area contributed by atoms with Gasteiger partial charge in [-0.3, -0.25) is 4.99 Å². The third kappa shape index (κ3) is 5.06. The zero-order valence-corrected chi connectivity index (χ0v) is 18.2. The zero-order chi connectivity index (χ0) is 16.1. The van der Waals surface area contributed by atoms with Crippen molar-refractivity contribution in [3.63, 3.8) is 0 Å². The Balaban J connectivity index is 0.00000208. The summed E-state index contributed by atoms with van der Waals surface area (Å²) in [6.07, 6.45) is 1.85. The Labute approximate surface area is 172 Å². The number of thiophene rings is 1. The van der Waals surface area contributed by atoms with Crippen molar-refractivity contribution in [1.29, 1.82) is 0 Å². The van der Waals surface area contributed by atoms with Gasteiger partial charge in [-0.15, -0.1) is 35.3 Å². The largest absolute Gasteiger partial charge is 0.353 e. The summed E-state index contributed by atoms with van der Waals surface area (Å²) in [6.45, 7) is 4.62. The average molecular weight is 522 g/mol. The molecule has 0 bridgehead atoms. The first-order chi connectivity index (χ1) is 11.3. The predicted octanol–water partition coefficient (Wildman–Crippen LogP) is 3.42. The van der Waals surface area contributed by atoms with E-state index in [1.807, 2.05) is 25.4 Å². The van der Waals surface area contributed by atoms with E-state index in [1.54, 1.807) is 11.3 Å². The monoisotopic (exact) mass is 521 g/mol. The lowest BCUT2D eigenvalue weighted by molar-refractivity contribution is 0.371. The number of aromatic nitrogens is 1. The first-order valence-electron chi connectivity index (χ1n) is 7.61. The first kappa shape index (κ1) is 19.5. The molecule has 1 fully saturated rings. The van der Waals surface area contributed by atoms with Crippen molar-refractivity contribution < 1.29 is 0 Å². The van der Waals surface area contributed by atoms with Crippen molar-refractivity contribution in [3.8, 4) is 0 Å². The summed E-state index contributed by atoms with van der Waals surface area (Å²) < 4.78 is 1.16. The number of aliphatic imine (C=N–C) groups is 1. The predicted molar refractivity (Wildman–Crippen MR) is 116 cm³/mol. The summed E-state index contributed by atoms with van der Waals surface area (Å²) in [5, 5.41) is 5.61. The molecular weight excluding hydrogens is 501 g/mol. The molecule has 1 saturated heterocycles. The summed E-state index contributed by atoms with van der Waals surface area (Å²) in [5.74, 6) is 2.02. The normalized spacial score (nSPS) is 15.2. The maximum Gasteiger partial charge on any atom is 0.194 e. The first-order valence-corrected chi connectivity index (χ1v) is 9.28. The molecule has 5 nitrogen and oxygen atoms in total. The molecule has 130 valence electrons. The van der Waals surface area contributed by atoms with E-state index in [2.05, 4.69) is 58.5 Å². The highest BCUT2D eigenvalue weighted by atomic mass is 127. The summed E-state index contributed by atoms with van der Waals surface area (Å²) in [4.78, 5) is 13.5. The van der Waals surface area contributed by atoms with Crippen LogP contribution in [0.3, 0.4) is 0 Å². The van der Waals surface area contributed by atoms with Gasteiger partial charge in [0.2, 0.25) is 0 Å². The highest BCUT2D eigenvalue weighted by molar-refractivity contribution is 14.0. The molecule has 3 heterocycles. The smallest absolute Gasteiger partial charge is 0.194 e. The fourth-order valence-electron chi connectivity index (χ4n) is 2.64. The number of hydrogen-bond acceptors (Lipinski definition) is 4. The Morgan fingerprint density at radius 1 is 1.33 bits per heavy atom. The lowest BCUT2D eigenvalue weighted by Gasteiger charge is -2.37. The van der Waals surface area contributed by atoms with Gasteiger partial charge in [-0.05, 0) is 45.1 Å². The van der Waals surface area contributed by atoms with Crippen LogP contribution in [0.15, 0.2) is 44.6 Å². The molecule has 3 rings (SSSR count). The third-order valence-corrected chi connectivity index (χ3v) is 5.39. The number of nitrogens with zero attached hydrogens (tertiary/aromatic N) is 4. The van der Waals surface area contributed by atoms with E-state index in [1.165, 1.54) is 5.56 Å². The van der Waals surface area contributed by atoms with Crippen molar-refractivity contribution >= 4 is 63.0 Å². The van der Waals surface area contributed by atoms with Gasteiger partial charge < -0.3 is 15.1 Å². The van der Waals surface area contributed by atoms with Gasteiger partial charge in [0, 0.05) is 46.0 Å². The van der Waals surface area contributed by atoms with Crippen molar-refractivity contribution in [2.45, 2.75) is 6.54 Å². The van der Waals surface area contributed by atoms with Gasteiger partial charge in [-0.2, -0.15) is 0 Å². The minimum atomic E-state index is 0. The van der Waals surface area contributed by atoms with Crippen LogP contribution in [0.4, 0.5) is 5.82 Å². The molecule has 1 N–H and O–H groups in total.